The lowest BCUT2D eigenvalue weighted by atomic mass is 9.93. The standard InChI is InChI=1S/C11H12FN3O5/c1-2-11(19)6(4-16)20-9(7(11)17)15-3-5(12)8(13)14-10(15)18/h1,3,6-7,9,16-17,19H,4H2,(H2,13,14,18)/t6-,7+,9-,11-/m1/s1. The molecule has 0 aliphatic carbocycles. The molecule has 1 aromatic rings. The lowest BCUT2D eigenvalue weighted by molar-refractivity contribution is -0.0626. The van der Waals surface area contributed by atoms with Crippen LogP contribution in [-0.4, -0.2) is 49.3 Å². The van der Waals surface area contributed by atoms with E-state index >= 15 is 0 Å². The first-order chi connectivity index (χ1) is 9.35. The Morgan fingerprint density at radius 3 is 2.85 bits per heavy atom. The summed E-state index contributed by atoms with van der Waals surface area (Å²) in [5.41, 5.74) is 1.93. The van der Waals surface area contributed by atoms with Gasteiger partial charge in [-0.25, -0.2) is 9.18 Å². The monoisotopic (exact) mass is 285 g/mol. The Labute approximate surface area is 112 Å². The third-order valence-electron chi connectivity index (χ3n) is 3.12. The highest BCUT2D eigenvalue weighted by Crippen LogP contribution is 2.36. The maximum Gasteiger partial charge on any atom is 0.351 e. The van der Waals surface area contributed by atoms with Crippen molar-refractivity contribution in [3.63, 3.8) is 0 Å². The fourth-order valence-electron chi connectivity index (χ4n) is 1.97. The van der Waals surface area contributed by atoms with E-state index in [4.69, 9.17) is 22.0 Å². The van der Waals surface area contributed by atoms with Crippen LogP contribution in [0.15, 0.2) is 11.0 Å². The smallest absolute Gasteiger partial charge is 0.351 e. The van der Waals surface area contributed by atoms with Gasteiger partial charge in [0.15, 0.2) is 23.5 Å². The number of ether oxygens (including phenoxy) is 1. The molecule has 2 rings (SSSR count). The number of terminal acetylenes is 1. The highest BCUT2D eigenvalue weighted by molar-refractivity contribution is 5.27. The maximum atomic E-state index is 13.4. The summed E-state index contributed by atoms with van der Waals surface area (Å²) in [6, 6.07) is 0. The molecule has 1 aliphatic heterocycles. The van der Waals surface area contributed by atoms with Gasteiger partial charge in [0.2, 0.25) is 0 Å². The molecule has 0 aromatic carbocycles. The van der Waals surface area contributed by atoms with E-state index in [0.717, 1.165) is 0 Å². The largest absolute Gasteiger partial charge is 0.394 e. The van der Waals surface area contributed by atoms with Gasteiger partial charge in [-0.2, -0.15) is 4.98 Å². The molecule has 1 aromatic heterocycles. The molecular formula is C11H12FN3O5. The molecule has 0 bridgehead atoms. The fourth-order valence-corrected chi connectivity index (χ4v) is 1.97. The molecule has 1 fully saturated rings. The van der Waals surface area contributed by atoms with Gasteiger partial charge >= 0.3 is 5.69 Å². The summed E-state index contributed by atoms with van der Waals surface area (Å²) in [5.74, 6) is 0.293. The van der Waals surface area contributed by atoms with E-state index in [2.05, 4.69) is 4.98 Å². The predicted octanol–water partition coefficient (Wildman–Crippen LogP) is -2.42. The number of halogens is 1. The molecule has 8 nitrogen and oxygen atoms in total. The van der Waals surface area contributed by atoms with Gasteiger partial charge in [-0.15, -0.1) is 6.42 Å². The lowest BCUT2D eigenvalue weighted by Gasteiger charge is -2.24. The van der Waals surface area contributed by atoms with Gasteiger partial charge in [-0.05, 0) is 0 Å². The van der Waals surface area contributed by atoms with Crippen molar-refractivity contribution in [2.45, 2.75) is 24.0 Å². The summed E-state index contributed by atoms with van der Waals surface area (Å²) in [6.07, 6.45) is 1.20. The summed E-state index contributed by atoms with van der Waals surface area (Å²) in [7, 11) is 0. The van der Waals surface area contributed by atoms with Crippen LogP contribution in [-0.2, 0) is 4.74 Å². The minimum Gasteiger partial charge on any atom is -0.394 e. The number of nitrogen functional groups attached to an aromatic ring is 1. The third kappa shape index (κ3) is 1.95. The van der Waals surface area contributed by atoms with Crippen LogP contribution in [0.3, 0.4) is 0 Å². The number of aliphatic hydroxyl groups excluding tert-OH is 2. The van der Waals surface area contributed by atoms with Crippen molar-refractivity contribution in [2.75, 3.05) is 12.3 Å². The van der Waals surface area contributed by atoms with Crippen molar-refractivity contribution in [1.29, 1.82) is 0 Å². The lowest BCUT2D eigenvalue weighted by Crippen LogP contribution is -2.48. The first kappa shape index (κ1) is 14.4. The molecule has 20 heavy (non-hydrogen) atoms. The van der Waals surface area contributed by atoms with Crippen molar-refractivity contribution in [3.05, 3.63) is 22.5 Å². The van der Waals surface area contributed by atoms with Crippen LogP contribution < -0.4 is 11.4 Å². The van der Waals surface area contributed by atoms with Crippen LogP contribution in [0.1, 0.15) is 6.23 Å². The number of nitrogens with two attached hydrogens (primary N) is 1. The van der Waals surface area contributed by atoms with Crippen LogP contribution in [0.4, 0.5) is 10.2 Å². The van der Waals surface area contributed by atoms with Crippen molar-refractivity contribution in [3.8, 4) is 12.3 Å². The number of aliphatic hydroxyl groups is 3. The molecule has 1 aliphatic rings. The number of aromatic nitrogens is 2. The summed E-state index contributed by atoms with van der Waals surface area (Å²) >= 11 is 0. The summed E-state index contributed by atoms with van der Waals surface area (Å²) < 4.78 is 19.1. The van der Waals surface area contributed by atoms with E-state index < -0.39 is 48.0 Å². The van der Waals surface area contributed by atoms with Gasteiger partial charge in [-0.3, -0.25) is 4.57 Å². The van der Waals surface area contributed by atoms with E-state index in [1.54, 1.807) is 0 Å². The van der Waals surface area contributed by atoms with Crippen molar-refractivity contribution < 1.29 is 24.4 Å². The minimum atomic E-state index is -2.21. The highest BCUT2D eigenvalue weighted by atomic mass is 19.1. The molecule has 5 N–H and O–H groups in total. The van der Waals surface area contributed by atoms with Gasteiger partial charge in [0.1, 0.15) is 12.2 Å². The average molecular weight is 285 g/mol. The van der Waals surface area contributed by atoms with Gasteiger partial charge in [0.25, 0.3) is 0 Å². The minimum absolute atomic E-state index is 0.605. The highest BCUT2D eigenvalue weighted by Gasteiger charge is 2.55. The van der Waals surface area contributed by atoms with Gasteiger partial charge in [0.05, 0.1) is 12.8 Å². The first-order valence-electron chi connectivity index (χ1n) is 5.53. The van der Waals surface area contributed by atoms with E-state index in [9.17, 15) is 19.4 Å². The van der Waals surface area contributed by atoms with Crippen LogP contribution in [0, 0.1) is 18.2 Å². The zero-order chi connectivity index (χ0) is 15.1. The maximum absolute atomic E-state index is 13.4. The molecule has 2 heterocycles. The second kappa shape index (κ2) is 4.84. The average Bonchev–Trinajstić information content (AvgIpc) is 2.67. The van der Waals surface area contributed by atoms with Crippen LogP contribution >= 0.6 is 0 Å². The van der Waals surface area contributed by atoms with E-state index in [-0.39, 0.29) is 0 Å². The molecule has 0 spiro atoms. The van der Waals surface area contributed by atoms with Gasteiger partial charge in [0, 0.05) is 0 Å². The molecule has 9 heteroatoms. The number of rotatable bonds is 2. The Hall–Kier alpha value is -1.99. The molecule has 0 saturated carbocycles. The van der Waals surface area contributed by atoms with Gasteiger partial charge < -0.3 is 25.8 Å². The Balaban J connectivity index is 2.48. The van der Waals surface area contributed by atoms with Crippen molar-refractivity contribution in [2.24, 2.45) is 0 Å². The fraction of sp³-hybridized carbons (Fsp3) is 0.455. The second-order valence-electron chi connectivity index (χ2n) is 4.28. The molecule has 108 valence electrons. The zero-order valence-electron chi connectivity index (χ0n) is 10.1. The molecule has 0 unspecified atom stereocenters. The van der Waals surface area contributed by atoms with Crippen LogP contribution in [0.25, 0.3) is 0 Å². The quantitative estimate of drug-likeness (QED) is 0.445. The summed E-state index contributed by atoms with van der Waals surface area (Å²) in [4.78, 5) is 14.8. The number of anilines is 1. The second-order valence-corrected chi connectivity index (χ2v) is 4.28. The molecule has 0 amide bonds. The van der Waals surface area contributed by atoms with Crippen LogP contribution in [0.5, 0.6) is 0 Å². The Bertz CT molecular complexity index is 627. The predicted molar refractivity (Wildman–Crippen MR) is 63.7 cm³/mol. The Morgan fingerprint density at radius 2 is 2.35 bits per heavy atom. The van der Waals surface area contributed by atoms with Crippen molar-refractivity contribution in [1.82, 2.24) is 9.55 Å². The van der Waals surface area contributed by atoms with E-state index in [0.29, 0.717) is 10.8 Å². The molecule has 1 saturated heterocycles. The molecule has 0 radical (unpaired) electrons. The SMILES string of the molecule is C#C[C@@]1(O)[C@@H](CO)O[C@@H](n2cc(F)c(N)nc2=O)[C@@H]1O. The molecular weight excluding hydrogens is 273 g/mol. The third-order valence-corrected chi connectivity index (χ3v) is 3.12. The summed E-state index contributed by atoms with van der Waals surface area (Å²) in [5, 5.41) is 29.1. The Kier molecular flexibility index (Phi) is 3.49. The van der Waals surface area contributed by atoms with Crippen molar-refractivity contribution >= 4 is 5.82 Å². The van der Waals surface area contributed by atoms with Crippen LogP contribution in [0.2, 0.25) is 0 Å². The number of nitrogens with zero attached hydrogens (tertiary/aromatic N) is 2. The first-order valence-corrected chi connectivity index (χ1v) is 5.53. The van der Waals surface area contributed by atoms with E-state index in [1.165, 1.54) is 0 Å². The Morgan fingerprint density at radius 1 is 1.70 bits per heavy atom. The topological polar surface area (TPSA) is 131 Å². The normalized spacial score (nSPS) is 33.0. The zero-order valence-corrected chi connectivity index (χ0v) is 10.1. The summed E-state index contributed by atoms with van der Waals surface area (Å²) in [6.45, 7) is -0.701. The van der Waals surface area contributed by atoms with E-state index in [1.807, 2.05) is 5.92 Å². The number of hydrogen-bond donors (Lipinski definition) is 4. The molecule has 4 atom stereocenters. The van der Waals surface area contributed by atoms with Gasteiger partial charge in [-0.1, -0.05) is 5.92 Å². The number of hydrogen-bond acceptors (Lipinski definition) is 7.